The van der Waals surface area contributed by atoms with E-state index in [0.717, 1.165) is 16.6 Å². The van der Waals surface area contributed by atoms with E-state index >= 15 is 0 Å². The Morgan fingerprint density at radius 2 is 2.36 bits per heavy atom. The molecule has 1 aromatic carbocycles. The molecule has 2 rings (SSSR count). The van der Waals surface area contributed by atoms with Gasteiger partial charge in [-0.3, -0.25) is 0 Å². The molecule has 0 unspecified atom stereocenters. The lowest BCUT2D eigenvalue weighted by Gasteiger charge is -2.04. The summed E-state index contributed by atoms with van der Waals surface area (Å²) in [5.41, 5.74) is 0.951. The minimum atomic E-state index is -0.244. The maximum Gasteiger partial charge on any atom is 0.124 e. The molecule has 14 heavy (non-hydrogen) atoms. The topological polar surface area (TPSA) is 21.8 Å². The van der Waals surface area contributed by atoms with E-state index in [2.05, 4.69) is 15.9 Å². The summed E-state index contributed by atoms with van der Waals surface area (Å²) in [6, 6.07) is 4.58. The zero-order valence-electron chi connectivity index (χ0n) is 7.50. The van der Waals surface area contributed by atoms with Gasteiger partial charge in [-0.1, -0.05) is 22.0 Å². The highest BCUT2D eigenvalue weighted by molar-refractivity contribution is 9.10. The molecule has 0 N–H and O–H groups in total. The third-order valence-electron chi connectivity index (χ3n) is 1.98. The first-order valence-corrected chi connectivity index (χ1v) is 5.18. The van der Waals surface area contributed by atoms with E-state index in [1.165, 1.54) is 12.1 Å². The van der Waals surface area contributed by atoms with Gasteiger partial charge in [-0.05, 0) is 17.7 Å². The quantitative estimate of drug-likeness (QED) is 0.777. The zero-order chi connectivity index (χ0) is 9.97. The van der Waals surface area contributed by atoms with Crippen LogP contribution in [-0.4, -0.2) is 19.3 Å². The van der Waals surface area contributed by atoms with E-state index in [9.17, 15) is 4.39 Å². The van der Waals surface area contributed by atoms with E-state index in [4.69, 9.17) is 9.47 Å². The highest BCUT2D eigenvalue weighted by Gasteiger charge is 2.22. The Kier molecular flexibility index (Phi) is 3.15. The summed E-state index contributed by atoms with van der Waals surface area (Å²) in [4.78, 5) is 0. The van der Waals surface area contributed by atoms with Gasteiger partial charge in [0.1, 0.15) is 11.9 Å². The molecule has 1 saturated heterocycles. The van der Waals surface area contributed by atoms with Crippen LogP contribution in [-0.2, 0) is 16.1 Å². The van der Waals surface area contributed by atoms with Crippen molar-refractivity contribution in [3.05, 3.63) is 34.1 Å². The van der Waals surface area contributed by atoms with Crippen molar-refractivity contribution >= 4 is 15.9 Å². The summed E-state index contributed by atoms with van der Waals surface area (Å²) in [6.45, 7) is 1.90. The Morgan fingerprint density at radius 1 is 1.57 bits per heavy atom. The number of halogens is 2. The first-order chi connectivity index (χ1) is 6.75. The van der Waals surface area contributed by atoms with Crippen molar-refractivity contribution in [3.63, 3.8) is 0 Å². The molecule has 1 heterocycles. The summed E-state index contributed by atoms with van der Waals surface area (Å²) < 4.78 is 23.8. The number of rotatable bonds is 4. The molecule has 2 nitrogen and oxygen atoms in total. The molecule has 1 aliphatic heterocycles. The van der Waals surface area contributed by atoms with Gasteiger partial charge in [0.2, 0.25) is 0 Å². The zero-order valence-corrected chi connectivity index (χ0v) is 9.09. The van der Waals surface area contributed by atoms with E-state index in [1.807, 2.05) is 0 Å². The Bertz CT molecular complexity index is 326. The van der Waals surface area contributed by atoms with Crippen molar-refractivity contribution in [1.82, 2.24) is 0 Å². The lowest BCUT2D eigenvalue weighted by atomic mass is 10.2. The van der Waals surface area contributed by atoms with Gasteiger partial charge < -0.3 is 9.47 Å². The van der Waals surface area contributed by atoms with Crippen LogP contribution in [0.5, 0.6) is 0 Å². The fraction of sp³-hybridized carbons (Fsp3) is 0.400. The van der Waals surface area contributed by atoms with Crippen molar-refractivity contribution < 1.29 is 13.9 Å². The minimum Gasteiger partial charge on any atom is -0.374 e. The normalized spacial score (nSPS) is 19.7. The Labute approximate surface area is 90.1 Å². The molecule has 1 aromatic rings. The summed E-state index contributed by atoms with van der Waals surface area (Å²) in [5.74, 6) is -0.244. The molecule has 4 heteroatoms. The Hall–Kier alpha value is -0.450. The molecule has 0 radical (unpaired) electrons. The predicted molar refractivity (Wildman–Crippen MR) is 53.5 cm³/mol. The van der Waals surface area contributed by atoms with Crippen molar-refractivity contribution in [3.8, 4) is 0 Å². The lowest BCUT2D eigenvalue weighted by Crippen LogP contribution is -2.01. The van der Waals surface area contributed by atoms with Gasteiger partial charge in [0.25, 0.3) is 0 Å². The van der Waals surface area contributed by atoms with Gasteiger partial charge in [-0.2, -0.15) is 0 Å². The molecule has 1 atom stereocenters. The molecule has 76 valence electrons. The Balaban J connectivity index is 1.87. The molecule has 1 fully saturated rings. The first kappa shape index (κ1) is 10.1. The third kappa shape index (κ3) is 2.77. The highest BCUT2D eigenvalue weighted by atomic mass is 79.9. The average molecular weight is 261 g/mol. The largest absolute Gasteiger partial charge is 0.374 e. The summed E-state index contributed by atoms with van der Waals surface area (Å²) >= 11 is 3.28. The van der Waals surface area contributed by atoms with Crippen LogP contribution in [0, 0.1) is 5.82 Å². The van der Waals surface area contributed by atoms with Gasteiger partial charge in [-0.25, -0.2) is 4.39 Å². The molecule has 1 aliphatic rings. The van der Waals surface area contributed by atoms with E-state index in [1.54, 1.807) is 6.07 Å². The van der Waals surface area contributed by atoms with Gasteiger partial charge in [-0.15, -0.1) is 0 Å². The van der Waals surface area contributed by atoms with Gasteiger partial charge >= 0.3 is 0 Å². The number of hydrogen-bond acceptors (Lipinski definition) is 2. The fourth-order valence-corrected chi connectivity index (χ4v) is 1.57. The molecule has 0 spiro atoms. The average Bonchev–Trinajstić information content (AvgIpc) is 2.92. The molecule has 0 aromatic heterocycles. The fourth-order valence-electron chi connectivity index (χ4n) is 1.10. The van der Waals surface area contributed by atoms with Gasteiger partial charge in [0.15, 0.2) is 0 Å². The third-order valence-corrected chi connectivity index (χ3v) is 2.72. The van der Waals surface area contributed by atoms with Crippen LogP contribution < -0.4 is 0 Å². The highest BCUT2D eigenvalue weighted by Crippen LogP contribution is 2.19. The van der Waals surface area contributed by atoms with Crippen LogP contribution in [0.4, 0.5) is 4.39 Å². The number of epoxide rings is 1. The van der Waals surface area contributed by atoms with Crippen molar-refractivity contribution in [2.45, 2.75) is 12.7 Å². The minimum absolute atomic E-state index is 0.244. The molecule has 0 saturated carbocycles. The molecular formula is C10H10BrFO2. The van der Waals surface area contributed by atoms with Crippen molar-refractivity contribution in [1.29, 1.82) is 0 Å². The predicted octanol–water partition coefficient (Wildman–Crippen LogP) is 2.50. The van der Waals surface area contributed by atoms with E-state index in [0.29, 0.717) is 13.2 Å². The van der Waals surface area contributed by atoms with Crippen LogP contribution in [0.1, 0.15) is 5.56 Å². The summed E-state index contributed by atoms with van der Waals surface area (Å²) in [7, 11) is 0. The second-order valence-corrected chi connectivity index (χ2v) is 4.06. The van der Waals surface area contributed by atoms with Gasteiger partial charge in [0, 0.05) is 4.47 Å². The molecule has 0 amide bonds. The summed E-state index contributed by atoms with van der Waals surface area (Å²) in [6.07, 6.45) is 0.272. The van der Waals surface area contributed by atoms with Crippen LogP contribution in [0.25, 0.3) is 0 Å². The lowest BCUT2D eigenvalue weighted by molar-refractivity contribution is 0.104. The SMILES string of the molecule is Fc1ccc(COC[C@H]2CO2)c(Br)c1. The number of ether oxygens (including phenoxy) is 2. The second-order valence-electron chi connectivity index (χ2n) is 3.21. The monoisotopic (exact) mass is 260 g/mol. The number of benzene rings is 1. The molecule has 0 aliphatic carbocycles. The first-order valence-electron chi connectivity index (χ1n) is 4.39. The molecule has 0 bridgehead atoms. The second kappa shape index (κ2) is 4.38. The van der Waals surface area contributed by atoms with Gasteiger partial charge in [0.05, 0.1) is 19.8 Å². The van der Waals surface area contributed by atoms with Crippen LogP contribution in [0.3, 0.4) is 0 Å². The standard InChI is InChI=1S/C10H10BrFO2/c11-10-3-8(12)2-1-7(10)4-13-5-9-6-14-9/h1-3,9H,4-6H2/t9-/m0/s1. The van der Waals surface area contributed by atoms with Crippen LogP contribution in [0.15, 0.2) is 22.7 Å². The van der Waals surface area contributed by atoms with E-state index in [-0.39, 0.29) is 11.9 Å². The maximum absolute atomic E-state index is 12.7. The maximum atomic E-state index is 12.7. The van der Waals surface area contributed by atoms with Crippen LogP contribution in [0.2, 0.25) is 0 Å². The Morgan fingerprint density at radius 3 is 3.00 bits per heavy atom. The number of hydrogen-bond donors (Lipinski definition) is 0. The van der Waals surface area contributed by atoms with Crippen molar-refractivity contribution in [2.75, 3.05) is 13.2 Å². The smallest absolute Gasteiger partial charge is 0.124 e. The summed E-state index contributed by atoms with van der Waals surface area (Å²) in [5, 5.41) is 0. The molecular weight excluding hydrogens is 251 g/mol. The van der Waals surface area contributed by atoms with Crippen molar-refractivity contribution in [2.24, 2.45) is 0 Å². The van der Waals surface area contributed by atoms with E-state index < -0.39 is 0 Å². The van der Waals surface area contributed by atoms with Crippen LogP contribution >= 0.6 is 15.9 Å².